The van der Waals surface area contributed by atoms with E-state index in [-0.39, 0.29) is 5.91 Å². The van der Waals surface area contributed by atoms with Crippen molar-refractivity contribution in [1.82, 2.24) is 0 Å². The second-order valence-electron chi connectivity index (χ2n) is 5.00. The van der Waals surface area contributed by atoms with Crippen LogP contribution in [0.2, 0.25) is 0 Å². The van der Waals surface area contributed by atoms with E-state index in [9.17, 15) is 4.79 Å². The highest BCUT2D eigenvalue weighted by Gasteiger charge is 2.17. The van der Waals surface area contributed by atoms with Crippen LogP contribution in [0.3, 0.4) is 0 Å². The smallest absolute Gasteiger partial charge is 0.255 e. The molecule has 6 nitrogen and oxygen atoms in total. The average molecular weight is 343 g/mol. The number of anilines is 1. The fraction of sp³-hybridized carbons (Fsp3) is 0.211. The first kappa shape index (κ1) is 18.2. The van der Waals surface area contributed by atoms with Crippen LogP contribution in [0.1, 0.15) is 10.4 Å². The van der Waals surface area contributed by atoms with Gasteiger partial charge in [0.1, 0.15) is 12.4 Å². The third kappa shape index (κ3) is 4.44. The van der Waals surface area contributed by atoms with Gasteiger partial charge in [0.2, 0.25) is 5.75 Å². The molecule has 0 aliphatic rings. The van der Waals surface area contributed by atoms with E-state index in [1.807, 2.05) is 0 Å². The van der Waals surface area contributed by atoms with Gasteiger partial charge in [-0.25, -0.2) is 0 Å². The summed E-state index contributed by atoms with van der Waals surface area (Å²) in [5, 5.41) is 2.82. The Hall–Kier alpha value is -3.15. The second-order valence-corrected chi connectivity index (χ2v) is 5.00. The Morgan fingerprint density at radius 1 is 1.08 bits per heavy atom. The number of nitrogens with one attached hydrogen (secondary N) is 1. The van der Waals surface area contributed by atoms with E-state index in [0.29, 0.717) is 40.9 Å². The fourth-order valence-electron chi connectivity index (χ4n) is 2.23. The van der Waals surface area contributed by atoms with Crippen molar-refractivity contribution < 1.29 is 23.7 Å². The molecule has 0 fully saturated rings. The third-order valence-electron chi connectivity index (χ3n) is 3.39. The number of carbonyl (C=O) groups excluding carboxylic acids is 1. The van der Waals surface area contributed by atoms with Crippen molar-refractivity contribution in [1.29, 1.82) is 0 Å². The predicted octanol–water partition coefficient (Wildman–Crippen LogP) is 3.53. The Balaban J connectivity index is 2.24. The first-order chi connectivity index (χ1) is 12.1. The maximum absolute atomic E-state index is 12.6. The van der Waals surface area contributed by atoms with Crippen molar-refractivity contribution in [2.24, 2.45) is 0 Å². The molecule has 0 saturated heterocycles. The van der Waals surface area contributed by atoms with Gasteiger partial charge in [0.25, 0.3) is 5.91 Å². The summed E-state index contributed by atoms with van der Waals surface area (Å²) in [6, 6.07) is 10.3. The molecule has 6 heteroatoms. The molecule has 0 unspecified atom stereocenters. The summed E-state index contributed by atoms with van der Waals surface area (Å²) in [6.45, 7) is 4.00. The summed E-state index contributed by atoms with van der Waals surface area (Å²) in [4.78, 5) is 12.6. The highest BCUT2D eigenvalue weighted by molar-refractivity contribution is 6.05. The normalized spacial score (nSPS) is 9.88. The number of hydrogen-bond acceptors (Lipinski definition) is 5. The zero-order valence-corrected chi connectivity index (χ0v) is 14.5. The highest BCUT2D eigenvalue weighted by atomic mass is 16.5. The summed E-state index contributed by atoms with van der Waals surface area (Å²) in [5.74, 6) is 1.59. The minimum Gasteiger partial charge on any atom is -0.493 e. The van der Waals surface area contributed by atoms with Gasteiger partial charge in [0, 0.05) is 17.3 Å². The van der Waals surface area contributed by atoms with Crippen LogP contribution in [0.5, 0.6) is 23.0 Å². The minimum atomic E-state index is -0.305. The van der Waals surface area contributed by atoms with Gasteiger partial charge >= 0.3 is 0 Å². The first-order valence-electron chi connectivity index (χ1n) is 7.58. The molecule has 0 aliphatic carbocycles. The molecule has 0 radical (unpaired) electrons. The lowest BCUT2D eigenvalue weighted by Gasteiger charge is -2.14. The first-order valence-corrected chi connectivity index (χ1v) is 7.58. The van der Waals surface area contributed by atoms with Crippen LogP contribution < -0.4 is 24.3 Å². The summed E-state index contributed by atoms with van der Waals surface area (Å²) in [7, 11) is 4.51. The minimum absolute atomic E-state index is 0.305. The van der Waals surface area contributed by atoms with Crippen molar-refractivity contribution in [3.8, 4) is 23.0 Å². The zero-order chi connectivity index (χ0) is 18.2. The molecule has 0 bridgehead atoms. The molecule has 0 spiro atoms. The van der Waals surface area contributed by atoms with Crippen molar-refractivity contribution in [3.63, 3.8) is 0 Å². The monoisotopic (exact) mass is 343 g/mol. The Bertz CT molecular complexity index is 732. The van der Waals surface area contributed by atoms with Crippen molar-refractivity contribution >= 4 is 11.6 Å². The highest BCUT2D eigenvalue weighted by Crippen LogP contribution is 2.38. The second kappa shape index (κ2) is 8.63. The largest absolute Gasteiger partial charge is 0.493 e. The standard InChI is InChI=1S/C19H21NO5/c1-5-9-25-15-8-6-7-14(12-15)20-19(21)13-10-16(22-2)18(24-4)17(11-13)23-3/h5-8,10-12H,1,9H2,2-4H3,(H,20,21). The summed E-state index contributed by atoms with van der Waals surface area (Å²) in [5.41, 5.74) is 0.993. The van der Waals surface area contributed by atoms with Gasteiger partial charge in [-0.05, 0) is 24.3 Å². The van der Waals surface area contributed by atoms with E-state index >= 15 is 0 Å². The van der Waals surface area contributed by atoms with Gasteiger partial charge in [0.15, 0.2) is 11.5 Å². The molecule has 0 heterocycles. The number of ether oxygens (including phenoxy) is 4. The molecule has 0 saturated carbocycles. The molecular formula is C19H21NO5. The molecular weight excluding hydrogens is 322 g/mol. The number of hydrogen-bond donors (Lipinski definition) is 1. The lowest BCUT2D eigenvalue weighted by Crippen LogP contribution is -2.12. The number of carbonyl (C=O) groups is 1. The quantitative estimate of drug-likeness (QED) is 0.743. The van der Waals surface area contributed by atoms with E-state index in [0.717, 1.165) is 0 Å². The number of benzene rings is 2. The molecule has 1 amide bonds. The SMILES string of the molecule is C=CCOc1cccc(NC(=O)c2cc(OC)c(OC)c(OC)c2)c1. The van der Waals surface area contributed by atoms with Gasteiger partial charge < -0.3 is 24.3 Å². The maximum Gasteiger partial charge on any atom is 0.255 e. The molecule has 0 aromatic heterocycles. The van der Waals surface area contributed by atoms with E-state index < -0.39 is 0 Å². The number of rotatable bonds is 8. The summed E-state index contributed by atoms with van der Waals surface area (Å²) < 4.78 is 21.3. The Labute approximate surface area is 147 Å². The third-order valence-corrected chi connectivity index (χ3v) is 3.39. The summed E-state index contributed by atoms with van der Waals surface area (Å²) in [6.07, 6.45) is 1.65. The fourth-order valence-corrected chi connectivity index (χ4v) is 2.23. The lowest BCUT2D eigenvalue weighted by atomic mass is 10.1. The van der Waals surface area contributed by atoms with Crippen molar-refractivity contribution in [2.75, 3.05) is 33.3 Å². The molecule has 2 aromatic carbocycles. The van der Waals surface area contributed by atoms with Crippen LogP contribution in [0.15, 0.2) is 49.1 Å². The topological polar surface area (TPSA) is 66.0 Å². The number of amides is 1. The molecule has 2 rings (SSSR count). The predicted molar refractivity (Wildman–Crippen MR) is 96.2 cm³/mol. The Morgan fingerprint density at radius 3 is 2.32 bits per heavy atom. The molecule has 1 N–H and O–H groups in total. The number of methoxy groups -OCH3 is 3. The van der Waals surface area contributed by atoms with Gasteiger partial charge in [0.05, 0.1) is 21.3 Å². The molecule has 132 valence electrons. The molecule has 0 aliphatic heterocycles. The van der Waals surface area contributed by atoms with E-state index in [4.69, 9.17) is 18.9 Å². The maximum atomic E-state index is 12.6. The molecule has 25 heavy (non-hydrogen) atoms. The van der Waals surface area contributed by atoms with Crippen molar-refractivity contribution in [3.05, 3.63) is 54.6 Å². The van der Waals surface area contributed by atoms with Crippen LogP contribution in [0.25, 0.3) is 0 Å². The molecule has 0 atom stereocenters. The zero-order valence-electron chi connectivity index (χ0n) is 14.5. The Kier molecular flexibility index (Phi) is 6.28. The van der Waals surface area contributed by atoms with E-state index in [1.54, 1.807) is 42.5 Å². The summed E-state index contributed by atoms with van der Waals surface area (Å²) >= 11 is 0. The molecule has 2 aromatic rings. The van der Waals surface area contributed by atoms with Crippen LogP contribution in [-0.4, -0.2) is 33.8 Å². The average Bonchev–Trinajstić information content (AvgIpc) is 2.65. The van der Waals surface area contributed by atoms with Gasteiger partial charge in [-0.2, -0.15) is 0 Å². The van der Waals surface area contributed by atoms with Crippen LogP contribution in [0, 0.1) is 0 Å². The van der Waals surface area contributed by atoms with Gasteiger partial charge in [-0.3, -0.25) is 4.79 Å². The van der Waals surface area contributed by atoms with Gasteiger partial charge in [-0.15, -0.1) is 0 Å². The van der Waals surface area contributed by atoms with Crippen molar-refractivity contribution in [2.45, 2.75) is 0 Å². The van der Waals surface area contributed by atoms with Crippen LogP contribution >= 0.6 is 0 Å². The van der Waals surface area contributed by atoms with E-state index in [1.165, 1.54) is 21.3 Å². The van der Waals surface area contributed by atoms with Gasteiger partial charge in [-0.1, -0.05) is 18.7 Å². The lowest BCUT2D eigenvalue weighted by molar-refractivity contribution is 0.102. The van der Waals surface area contributed by atoms with Crippen LogP contribution in [0.4, 0.5) is 5.69 Å². The van der Waals surface area contributed by atoms with Crippen LogP contribution in [-0.2, 0) is 0 Å². The Morgan fingerprint density at radius 2 is 1.76 bits per heavy atom. The van der Waals surface area contributed by atoms with E-state index in [2.05, 4.69) is 11.9 Å².